The summed E-state index contributed by atoms with van der Waals surface area (Å²) in [6, 6.07) is 2.83. The van der Waals surface area contributed by atoms with E-state index in [2.05, 4.69) is 47.8 Å². The molecule has 0 spiro atoms. The SMILES string of the molecule is Brc1cnc(N2CCC[C@H]3CCCC[C@H]32)c(Br)c1. The molecule has 1 aromatic heterocycles. The highest BCUT2D eigenvalue weighted by molar-refractivity contribution is 9.11. The minimum Gasteiger partial charge on any atom is -0.352 e. The van der Waals surface area contributed by atoms with Crippen LogP contribution in [0.1, 0.15) is 38.5 Å². The fraction of sp³-hybridized carbons (Fsp3) is 0.643. The van der Waals surface area contributed by atoms with Gasteiger partial charge in [0.2, 0.25) is 0 Å². The summed E-state index contributed by atoms with van der Waals surface area (Å²) >= 11 is 7.14. The highest BCUT2D eigenvalue weighted by Crippen LogP contribution is 2.39. The molecule has 98 valence electrons. The number of fused-ring (bicyclic) bond motifs is 1. The zero-order chi connectivity index (χ0) is 12.5. The molecule has 1 aliphatic heterocycles. The number of piperidine rings is 1. The third-order valence-electron chi connectivity index (χ3n) is 4.30. The first-order valence-corrected chi connectivity index (χ1v) is 8.42. The normalized spacial score (nSPS) is 28.0. The number of pyridine rings is 1. The molecule has 0 unspecified atom stereocenters. The zero-order valence-electron chi connectivity index (χ0n) is 10.4. The predicted octanol–water partition coefficient (Wildman–Crippen LogP) is 4.77. The molecule has 4 heteroatoms. The molecule has 2 atom stereocenters. The van der Waals surface area contributed by atoms with Crippen LogP contribution < -0.4 is 4.90 Å². The molecule has 3 rings (SSSR count). The van der Waals surface area contributed by atoms with Crippen molar-refractivity contribution in [3.63, 3.8) is 0 Å². The smallest absolute Gasteiger partial charge is 0.143 e. The number of hydrogen-bond acceptors (Lipinski definition) is 2. The molecule has 18 heavy (non-hydrogen) atoms. The van der Waals surface area contributed by atoms with Crippen molar-refractivity contribution in [3.8, 4) is 0 Å². The quantitative estimate of drug-likeness (QED) is 0.705. The summed E-state index contributed by atoms with van der Waals surface area (Å²) in [5.41, 5.74) is 0. The highest BCUT2D eigenvalue weighted by Gasteiger charge is 2.34. The number of hydrogen-bond donors (Lipinski definition) is 0. The van der Waals surface area contributed by atoms with E-state index in [1.54, 1.807) is 0 Å². The van der Waals surface area contributed by atoms with E-state index in [-0.39, 0.29) is 0 Å². The molecule has 0 aromatic carbocycles. The van der Waals surface area contributed by atoms with Crippen LogP contribution in [-0.2, 0) is 0 Å². The van der Waals surface area contributed by atoms with Gasteiger partial charge in [0.15, 0.2) is 0 Å². The first-order valence-electron chi connectivity index (χ1n) is 6.83. The van der Waals surface area contributed by atoms with Crippen LogP contribution >= 0.6 is 31.9 Å². The van der Waals surface area contributed by atoms with Gasteiger partial charge in [0, 0.05) is 23.3 Å². The highest BCUT2D eigenvalue weighted by atomic mass is 79.9. The summed E-state index contributed by atoms with van der Waals surface area (Å²) in [7, 11) is 0. The van der Waals surface area contributed by atoms with Crippen LogP contribution in [0.2, 0.25) is 0 Å². The molecule has 2 fully saturated rings. The van der Waals surface area contributed by atoms with Crippen molar-refractivity contribution in [2.24, 2.45) is 5.92 Å². The molecule has 1 aromatic rings. The second kappa shape index (κ2) is 5.49. The molecule has 1 saturated carbocycles. The van der Waals surface area contributed by atoms with E-state index in [9.17, 15) is 0 Å². The van der Waals surface area contributed by atoms with Crippen molar-refractivity contribution in [1.29, 1.82) is 0 Å². The Morgan fingerprint density at radius 2 is 1.89 bits per heavy atom. The van der Waals surface area contributed by atoms with Gasteiger partial charge in [-0.25, -0.2) is 4.98 Å². The maximum Gasteiger partial charge on any atom is 0.143 e. The first kappa shape index (κ1) is 12.9. The van der Waals surface area contributed by atoms with Crippen LogP contribution in [0.5, 0.6) is 0 Å². The molecule has 2 nitrogen and oxygen atoms in total. The van der Waals surface area contributed by atoms with Gasteiger partial charge in [0.1, 0.15) is 5.82 Å². The maximum absolute atomic E-state index is 4.62. The number of aromatic nitrogens is 1. The summed E-state index contributed by atoms with van der Waals surface area (Å²) in [4.78, 5) is 7.17. The van der Waals surface area contributed by atoms with Gasteiger partial charge >= 0.3 is 0 Å². The van der Waals surface area contributed by atoms with Crippen LogP contribution in [0.3, 0.4) is 0 Å². The van der Waals surface area contributed by atoms with E-state index >= 15 is 0 Å². The van der Waals surface area contributed by atoms with Crippen molar-refractivity contribution in [1.82, 2.24) is 4.98 Å². The standard InChI is InChI=1S/C14H18Br2N2/c15-11-8-12(16)14(17-9-11)18-7-3-5-10-4-1-2-6-13(10)18/h8-10,13H,1-7H2/t10-,13-/m1/s1. The lowest BCUT2D eigenvalue weighted by atomic mass is 9.78. The third kappa shape index (κ3) is 2.46. The van der Waals surface area contributed by atoms with Gasteiger partial charge in [-0.15, -0.1) is 0 Å². The molecular formula is C14H18Br2N2. The van der Waals surface area contributed by atoms with Crippen molar-refractivity contribution >= 4 is 37.7 Å². The van der Waals surface area contributed by atoms with E-state index in [0.29, 0.717) is 0 Å². The van der Waals surface area contributed by atoms with Gasteiger partial charge in [0.25, 0.3) is 0 Å². The molecule has 0 bridgehead atoms. The Bertz CT molecular complexity index is 434. The molecule has 0 amide bonds. The predicted molar refractivity (Wildman–Crippen MR) is 82.0 cm³/mol. The summed E-state index contributed by atoms with van der Waals surface area (Å²) < 4.78 is 2.15. The summed E-state index contributed by atoms with van der Waals surface area (Å²) in [6.07, 6.45) is 10.2. The van der Waals surface area contributed by atoms with Crippen LogP contribution in [0.15, 0.2) is 21.2 Å². The third-order valence-corrected chi connectivity index (χ3v) is 5.32. The Labute approximate surface area is 125 Å². The molecule has 0 N–H and O–H groups in total. The Kier molecular flexibility index (Phi) is 3.94. The van der Waals surface area contributed by atoms with E-state index in [1.165, 1.54) is 38.5 Å². The van der Waals surface area contributed by atoms with Gasteiger partial charge < -0.3 is 4.90 Å². The van der Waals surface area contributed by atoms with E-state index in [4.69, 9.17) is 0 Å². The zero-order valence-corrected chi connectivity index (χ0v) is 13.6. The lowest BCUT2D eigenvalue weighted by molar-refractivity contribution is 0.242. The second-order valence-corrected chi connectivity index (χ2v) is 7.18. The monoisotopic (exact) mass is 372 g/mol. The van der Waals surface area contributed by atoms with E-state index in [0.717, 1.165) is 33.3 Å². The Hall–Kier alpha value is -0.0900. The van der Waals surface area contributed by atoms with Crippen molar-refractivity contribution in [3.05, 3.63) is 21.2 Å². The molecule has 0 radical (unpaired) electrons. The lowest BCUT2D eigenvalue weighted by Gasteiger charge is -2.45. The minimum absolute atomic E-state index is 0.720. The lowest BCUT2D eigenvalue weighted by Crippen LogP contribution is -2.47. The first-order chi connectivity index (χ1) is 8.75. The second-order valence-electron chi connectivity index (χ2n) is 5.41. The Morgan fingerprint density at radius 3 is 2.72 bits per heavy atom. The van der Waals surface area contributed by atoms with Gasteiger partial charge in [-0.2, -0.15) is 0 Å². The molecule has 1 aliphatic carbocycles. The average Bonchev–Trinajstić information content (AvgIpc) is 2.38. The number of rotatable bonds is 1. The van der Waals surface area contributed by atoms with Crippen LogP contribution in [0.4, 0.5) is 5.82 Å². The Balaban J connectivity index is 1.89. The molecule has 2 aliphatic rings. The molecule has 2 heterocycles. The van der Waals surface area contributed by atoms with Crippen LogP contribution in [0, 0.1) is 5.92 Å². The largest absolute Gasteiger partial charge is 0.352 e. The van der Waals surface area contributed by atoms with Crippen LogP contribution in [0.25, 0.3) is 0 Å². The molecule has 1 saturated heterocycles. The summed E-state index contributed by atoms with van der Waals surface area (Å²) in [6.45, 7) is 1.16. The fourth-order valence-corrected chi connectivity index (χ4v) is 4.72. The summed E-state index contributed by atoms with van der Waals surface area (Å²) in [5, 5.41) is 0. The van der Waals surface area contributed by atoms with Crippen LogP contribution in [-0.4, -0.2) is 17.6 Å². The minimum atomic E-state index is 0.720. The number of anilines is 1. The number of nitrogens with zero attached hydrogens (tertiary/aromatic N) is 2. The topological polar surface area (TPSA) is 16.1 Å². The van der Waals surface area contributed by atoms with Crippen molar-refractivity contribution in [2.75, 3.05) is 11.4 Å². The van der Waals surface area contributed by atoms with E-state index in [1.807, 2.05) is 6.20 Å². The number of halogens is 2. The van der Waals surface area contributed by atoms with Crippen molar-refractivity contribution in [2.45, 2.75) is 44.6 Å². The maximum atomic E-state index is 4.62. The van der Waals surface area contributed by atoms with Gasteiger partial charge in [-0.1, -0.05) is 12.8 Å². The Morgan fingerprint density at radius 1 is 1.11 bits per heavy atom. The summed E-state index contributed by atoms with van der Waals surface area (Å²) in [5.74, 6) is 2.03. The van der Waals surface area contributed by atoms with Crippen molar-refractivity contribution < 1.29 is 0 Å². The van der Waals surface area contributed by atoms with E-state index < -0.39 is 0 Å². The molecular weight excluding hydrogens is 356 g/mol. The van der Waals surface area contributed by atoms with Gasteiger partial charge in [-0.3, -0.25) is 0 Å². The van der Waals surface area contributed by atoms with Gasteiger partial charge in [-0.05, 0) is 69.5 Å². The average molecular weight is 374 g/mol. The van der Waals surface area contributed by atoms with Gasteiger partial charge in [0.05, 0.1) is 4.47 Å². The fourth-order valence-electron chi connectivity index (χ4n) is 3.51.